The maximum absolute atomic E-state index is 13.1. The van der Waals surface area contributed by atoms with Crippen molar-refractivity contribution in [2.45, 2.75) is 19.1 Å². The Balaban J connectivity index is 2.25. The molecule has 0 bridgehead atoms. The third-order valence-corrected chi connectivity index (χ3v) is 4.56. The molecule has 5 nitrogen and oxygen atoms in total. The molecule has 0 aliphatic carbocycles. The highest BCUT2D eigenvalue weighted by molar-refractivity contribution is 6.32. The summed E-state index contributed by atoms with van der Waals surface area (Å²) in [7, 11) is 4.35. The number of carbonyl (C=O) groups is 1. The van der Waals surface area contributed by atoms with E-state index in [1.54, 1.807) is 30.3 Å². The van der Waals surface area contributed by atoms with E-state index in [0.29, 0.717) is 33.4 Å². The van der Waals surface area contributed by atoms with Crippen LogP contribution in [0.1, 0.15) is 11.1 Å². The molecule has 2 aromatic rings. The van der Waals surface area contributed by atoms with Crippen molar-refractivity contribution >= 4 is 17.5 Å². The molecule has 0 heterocycles. The van der Waals surface area contributed by atoms with Crippen molar-refractivity contribution in [3.8, 4) is 17.2 Å². The first-order chi connectivity index (χ1) is 13.7. The first kappa shape index (κ1) is 22.7. The summed E-state index contributed by atoms with van der Waals surface area (Å²) < 4.78 is 54.7. The normalized spacial score (nSPS) is 11.1. The van der Waals surface area contributed by atoms with Gasteiger partial charge in [-0.2, -0.15) is 13.2 Å². The van der Waals surface area contributed by atoms with E-state index < -0.39 is 12.1 Å². The molecular weight excluding hydrogens is 411 g/mol. The molecule has 0 N–H and O–H groups in total. The minimum absolute atomic E-state index is 0.120. The highest BCUT2D eigenvalue weighted by Crippen LogP contribution is 2.33. The van der Waals surface area contributed by atoms with Crippen LogP contribution in [0.15, 0.2) is 36.4 Å². The van der Waals surface area contributed by atoms with Crippen LogP contribution >= 0.6 is 11.6 Å². The van der Waals surface area contributed by atoms with Crippen LogP contribution in [0.25, 0.3) is 0 Å². The summed E-state index contributed by atoms with van der Waals surface area (Å²) in [4.78, 5) is 12.7. The fourth-order valence-corrected chi connectivity index (χ4v) is 2.99. The zero-order valence-electron chi connectivity index (χ0n) is 16.2. The monoisotopic (exact) mass is 431 g/mol. The van der Waals surface area contributed by atoms with E-state index in [0.717, 1.165) is 4.90 Å². The average molecular weight is 432 g/mol. The van der Waals surface area contributed by atoms with Gasteiger partial charge in [0.05, 0.1) is 26.4 Å². The van der Waals surface area contributed by atoms with Gasteiger partial charge in [-0.15, -0.1) is 0 Å². The van der Waals surface area contributed by atoms with Crippen molar-refractivity contribution in [2.75, 3.05) is 27.9 Å². The number of hydrogen-bond acceptors (Lipinski definition) is 4. The molecule has 0 atom stereocenters. The Labute approximate surface area is 171 Å². The van der Waals surface area contributed by atoms with Gasteiger partial charge >= 0.3 is 12.1 Å². The molecule has 0 saturated heterocycles. The van der Waals surface area contributed by atoms with Gasteiger partial charge in [-0.3, -0.25) is 4.79 Å². The van der Waals surface area contributed by atoms with Gasteiger partial charge < -0.3 is 19.1 Å². The highest BCUT2D eigenvalue weighted by Gasteiger charge is 2.42. The van der Waals surface area contributed by atoms with Crippen molar-refractivity contribution in [2.24, 2.45) is 0 Å². The lowest BCUT2D eigenvalue weighted by atomic mass is 10.1. The smallest absolute Gasteiger partial charge is 0.471 e. The number of carbonyl (C=O) groups excluding carboxylic acids is 1. The van der Waals surface area contributed by atoms with Crippen LogP contribution in [0.2, 0.25) is 5.02 Å². The molecule has 158 valence electrons. The molecule has 1 amide bonds. The molecule has 29 heavy (non-hydrogen) atoms. The van der Waals surface area contributed by atoms with Crippen LogP contribution < -0.4 is 14.2 Å². The van der Waals surface area contributed by atoms with Gasteiger partial charge in [0, 0.05) is 19.2 Å². The summed E-state index contributed by atoms with van der Waals surface area (Å²) in [6.45, 7) is -0.374. The fraction of sp³-hybridized carbons (Fsp3) is 0.350. The van der Waals surface area contributed by atoms with E-state index in [1.165, 1.54) is 27.4 Å². The molecular formula is C20H21ClF3NO4. The van der Waals surface area contributed by atoms with Gasteiger partial charge in [0.25, 0.3) is 0 Å². The zero-order chi connectivity index (χ0) is 21.6. The van der Waals surface area contributed by atoms with Gasteiger partial charge in [0.2, 0.25) is 0 Å². The van der Waals surface area contributed by atoms with Gasteiger partial charge in [0.1, 0.15) is 17.2 Å². The Morgan fingerprint density at radius 2 is 1.62 bits per heavy atom. The largest absolute Gasteiger partial charge is 0.497 e. The highest BCUT2D eigenvalue weighted by atomic mass is 35.5. The molecule has 0 radical (unpaired) electrons. The topological polar surface area (TPSA) is 48.0 Å². The van der Waals surface area contributed by atoms with Gasteiger partial charge in [-0.1, -0.05) is 23.7 Å². The molecule has 0 saturated carbocycles. The number of alkyl halides is 3. The lowest BCUT2D eigenvalue weighted by Crippen LogP contribution is -2.41. The maximum Gasteiger partial charge on any atom is 0.471 e. The summed E-state index contributed by atoms with van der Waals surface area (Å²) in [6.07, 6.45) is -4.86. The number of rotatable bonds is 8. The maximum atomic E-state index is 13.1. The van der Waals surface area contributed by atoms with Crippen LogP contribution in [-0.2, 0) is 17.8 Å². The second-order valence-electron chi connectivity index (χ2n) is 6.12. The molecule has 0 aliphatic rings. The number of methoxy groups -OCH3 is 3. The van der Waals surface area contributed by atoms with E-state index >= 15 is 0 Å². The van der Waals surface area contributed by atoms with Crippen LogP contribution in [0.3, 0.4) is 0 Å². The van der Waals surface area contributed by atoms with Crippen molar-refractivity contribution in [3.05, 3.63) is 52.5 Å². The Morgan fingerprint density at radius 3 is 2.14 bits per heavy atom. The van der Waals surface area contributed by atoms with Gasteiger partial charge in [-0.05, 0) is 35.7 Å². The molecule has 2 rings (SSSR count). The lowest BCUT2D eigenvalue weighted by Gasteiger charge is -2.24. The van der Waals surface area contributed by atoms with Crippen LogP contribution in [0.5, 0.6) is 17.2 Å². The predicted octanol–water partition coefficient (Wildman–Crippen LogP) is 4.50. The predicted molar refractivity (Wildman–Crippen MR) is 103 cm³/mol. The fourth-order valence-electron chi connectivity index (χ4n) is 2.76. The van der Waals surface area contributed by atoms with Crippen LogP contribution in [0, 0.1) is 0 Å². The number of halogens is 4. The van der Waals surface area contributed by atoms with Crippen molar-refractivity contribution in [1.29, 1.82) is 0 Å². The molecule has 0 aromatic heterocycles. The first-order valence-electron chi connectivity index (χ1n) is 8.59. The SMILES string of the molecule is COc1ccc(CN(CCc2cc(OC)c(Cl)cc2OC)C(=O)C(F)(F)F)cc1. The number of ether oxygens (including phenoxy) is 3. The number of hydrogen-bond donors (Lipinski definition) is 0. The van der Waals surface area contributed by atoms with Crippen LogP contribution in [0.4, 0.5) is 13.2 Å². The molecule has 0 aliphatic heterocycles. The minimum Gasteiger partial charge on any atom is -0.497 e. The average Bonchev–Trinajstić information content (AvgIpc) is 2.70. The Kier molecular flexibility index (Phi) is 7.61. The summed E-state index contributed by atoms with van der Waals surface area (Å²) in [5, 5.41) is 0.314. The van der Waals surface area contributed by atoms with Crippen molar-refractivity contribution in [3.63, 3.8) is 0 Å². The molecule has 0 unspecified atom stereocenters. The number of benzene rings is 2. The molecule has 0 fully saturated rings. The zero-order valence-corrected chi connectivity index (χ0v) is 16.9. The molecule has 0 spiro atoms. The van der Waals surface area contributed by atoms with E-state index in [2.05, 4.69) is 0 Å². The van der Waals surface area contributed by atoms with Crippen molar-refractivity contribution in [1.82, 2.24) is 4.90 Å². The summed E-state index contributed by atoms with van der Waals surface area (Å²) in [6, 6.07) is 9.58. The third kappa shape index (κ3) is 5.93. The summed E-state index contributed by atoms with van der Waals surface area (Å²) >= 11 is 6.06. The molecule has 2 aromatic carbocycles. The van der Waals surface area contributed by atoms with E-state index in [4.69, 9.17) is 25.8 Å². The second kappa shape index (κ2) is 9.73. The quantitative estimate of drug-likeness (QED) is 0.617. The Hall–Kier alpha value is -2.61. The standard InChI is InChI=1S/C20H21ClF3NO4/c1-27-15-6-4-13(5-7-15)12-25(19(26)20(22,23)24)9-8-14-10-18(29-3)16(21)11-17(14)28-2/h4-7,10-11H,8-9,12H2,1-3H3. The number of nitrogens with zero attached hydrogens (tertiary/aromatic N) is 1. The van der Waals surface area contributed by atoms with E-state index in [1.807, 2.05) is 0 Å². The van der Waals surface area contributed by atoms with Gasteiger partial charge in [0.15, 0.2) is 0 Å². The Morgan fingerprint density at radius 1 is 1.00 bits per heavy atom. The second-order valence-corrected chi connectivity index (χ2v) is 6.53. The van der Waals surface area contributed by atoms with E-state index in [9.17, 15) is 18.0 Å². The minimum atomic E-state index is -4.98. The summed E-state index contributed by atoms with van der Waals surface area (Å²) in [5.41, 5.74) is 1.12. The molecule has 9 heteroatoms. The first-order valence-corrected chi connectivity index (χ1v) is 8.96. The van der Waals surface area contributed by atoms with Gasteiger partial charge in [-0.25, -0.2) is 0 Å². The number of amides is 1. The summed E-state index contributed by atoms with van der Waals surface area (Å²) in [5.74, 6) is -0.570. The van der Waals surface area contributed by atoms with Crippen LogP contribution in [-0.4, -0.2) is 44.9 Å². The van der Waals surface area contributed by atoms with E-state index in [-0.39, 0.29) is 19.5 Å². The van der Waals surface area contributed by atoms with Crippen molar-refractivity contribution < 1.29 is 32.2 Å². The Bertz CT molecular complexity index is 841. The third-order valence-electron chi connectivity index (χ3n) is 4.27. The lowest BCUT2D eigenvalue weighted by molar-refractivity contribution is -0.186.